The number of methoxy groups -OCH3 is 2. The molecular formula is C20H35N3O2. The van der Waals surface area contributed by atoms with Gasteiger partial charge in [-0.1, -0.05) is 33.8 Å². The fourth-order valence-corrected chi connectivity index (χ4v) is 2.38. The Morgan fingerprint density at radius 1 is 1.04 bits per heavy atom. The van der Waals surface area contributed by atoms with Gasteiger partial charge in [-0.15, -0.1) is 0 Å². The van der Waals surface area contributed by atoms with E-state index in [1.54, 1.807) is 14.2 Å². The average molecular weight is 350 g/mol. The number of benzene rings is 1. The highest BCUT2D eigenvalue weighted by Gasteiger charge is 2.10. The minimum absolute atomic E-state index is 0.791. The monoisotopic (exact) mass is 349 g/mol. The van der Waals surface area contributed by atoms with Crippen molar-refractivity contribution in [2.75, 3.05) is 21.3 Å². The van der Waals surface area contributed by atoms with Gasteiger partial charge in [-0.3, -0.25) is 4.90 Å². The molecule has 0 saturated heterocycles. The van der Waals surface area contributed by atoms with Crippen molar-refractivity contribution in [2.24, 2.45) is 7.05 Å². The molecule has 0 bridgehead atoms. The summed E-state index contributed by atoms with van der Waals surface area (Å²) in [5.74, 6) is 2.71. The Bertz CT molecular complexity index is 609. The van der Waals surface area contributed by atoms with Crippen LogP contribution in [0.4, 0.5) is 0 Å². The molecule has 1 aromatic heterocycles. The summed E-state index contributed by atoms with van der Waals surface area (Å²) < 4.78 is 12.7. The molecule has 142 valence electrons. The molecule has 5 heteroatoms. The molecule has 5 nitrogen and oxygen atoms in total. The van der Waals surface area contributed by atoms with Gasteiger partial charge in [0.1, 0.15) is 17.3 Å². The molecule has 0 saturated carbocycles. The number of rotatable bonds is 6. The largest absolute Gasteiger partial charge is 0.497 e. The normalized spacial score (nSPS) is 9.68. The zero-order valence-electron chi connectivity index (χ0n) is 17.4. The molecule has 0 unspecified atom stereocenters. The fraction of sp³-hybridized carbons (Fsp3) is 0.550. The van der Waals surface area contributed by atoms with E-state index in [1.807, 2.05) is 66.1 Å². The predicted molar refractivity (Wildman–Crippen MR) is 105 cm³/mol. The summed E-state index contributed by atoms with van der Waals surface area (Å²) in [5.41, 5.74) is 2.18. The first-order valence-electron chi connectivity index (χ1n) is 8.91. The molecule has 0 aliphatic heterocycles. The van der Waals surface area contributed by atoms with Crippen molar-refractivity contribution in [1.29, 1.82) is 0 Å². The SMILES string of the molecule is CC.CC.COc1ccc(CN(C)Cc2nc(C)cn2C)c(OC)c1. The van der Waals surface area contributed by atoms with E-state index in [0.29, 0.717) is 0 Å². The number of nitrogens with zero attached hydrogens (tertiary/aromatic N) is 3. The topological polar surface area (TPSA) is 39.5 Å². The molecular weight excluding hydrogens is 314 g/mol. The van der Waals surface area contributed by atoms with Gasteiger partial charge in [-0.25, -0.2) is 4.98 Å². The Morgan fingerprint density at radius 3 is 2.16 bits per heavy atom. The number of hydrogen-bond acceptors (Lipinski definition) is 4. The number of aromatic nitrogens is 2. The van der Waals surface area contributed by atoms with E-state index in [1.165, 1.54) is 0 Å². The third-order valence-corrected chi connectivity index (χ3v) is 3.44. The average Bonchev–Trinajstić information content (AvgIpc) is 2.95. The molecule has 0 spiro atoms. The standard InChI is InChI=1S/C16H23N3O2.2C2H6/c1-12-9-19(3)16(17-12)11-18(2)10-13-6-7-14(20-4)8-15(13)21-5;2*1-2/h6-9H,10-11H2,1-5H3;2*1-2H3. The first-order chi connectivity index (χ1) is 12.0. The quantitative estimate of drug-likeness (QED) is 0.773. The Balaban J connectivity index is 0.00000134. The van der Waals surface area contributed by atoms with Gasteiger partial charge < -0.3 is 14.0 Å². The van der Waals surface area contributed by atoms with Crippen molar-refractivity contribution in [3.63, 3.8) is 0 Å². The lowest BCUT2D eigenvalue weighted by atomic mass is 10.2. The number of aryl methyl sites for hydroxylation is 2. The van der Waals surface area contributed by atoms with Gasteiger partial charge in [-0.2, -0.15) is 0 Å². The molecule has 0 atom stereocenters. The summed E-state index contributed by atoms with van der Waals surface area (Å²) in [4.78, 5) is 6.75. The molecule has 1 aromatic carbocycles. The predicted octanol–water partition coefficient (Wildman–Crippen LogP) is 4.43. The van der Waals surface area contributed by atoms with Crippen LogP contribution in [0.3, 0.4) is 0 Å². The molecule has 25 heavy (non-hydrogen) atoms. The Hall–Kier alpha value is -2.01. The molecule has 0 N–H and O–H groups in total. The molecule has 0 aliphatic carbocycles. The maximum absolute atomic E-state index is 5.44. The van der Waals surface area contributed by atoms with Crippen LogP contribution in [0.5, 0.6) is 11.5 Å². The molecule has 0 amide bonds. The maximum atomic E-state index is 5.44. The third-order valence-electron chi connectivity index (χ3n) is 3.44. The Morgan fingerprint density at radius 2 is 1.68 bits per heavy atom. The van der Waals surface area contributed by atoms with Crippen LogP contribution in [0.15, 0.2) is 24.4 Å². The van der Waals surface area contributed by atoms with Crippen LogP contribution in [0.2, 0.25) is 0 Å². The van der Waals surface area contributed by atoms with Crippen molar-refractivity contribution in [2.45, 2.75) is 47.7 Å². The van der Waals surface area contributed by atoms with Gasteiger partial charge in [0.2, 0.25) is 0 Å². The van der Waals surface area contributed by atoms with Gasteiger partial charge in [0, 0.05) is 31.4 Å². The molecule has 2 rings (SSSR count). The van der Waals surface area contributed by atoms with Crippen LogP contribution >= 0.6 is 0 Å². The van der Waals surface area contributed by atoms with E-state index in [9.17, 15) is 0 Å². The summed E-state index contributed by atoms with van der Waals surface area (Å²) in [7, 11) is 7.44. The van der Waals surface area contributed by atoms with Crippen molar-refractivity contribution < 1.29 is 9.47 Å². The van der Waals surface area contributed by atoms with Crippen molar-refractivity contribution in [3.05, 3.63) is 41.5 Å². The Kier molecular flexibility index (Phi) is 11.4. The van der Waals surface area contributed by atoms with E-state index in [4.69, 9.17) is 9.47 Å². The van der Waals surface area contributed by atoms with Gasteiger partial charge >= 0.3 is 0 Å². The minimum Gasteiger partial charge on any atom is -0.497 e. The van der Waals surface area contributed by atoms with Gasteiger partial charge in [-0.05, 0) is 20.0 Å². The summed E-state index contributed by atoms with van der Waals surface area (Å²) in [5, 5.41) is 0. The lowest BCUT2D eigenvalue weighted by Gasteiger charge is -2.18. The second-order valence-corrected chi connectivity index (χ2v) is 5.26. The lowest BCUT2D eigenvalue weighted by Crippen LogP contribution is -2.20. The molecule has 0 radical (unpaired) electrons. The number of hydrogen-bond donors (Lipinski definition) is 0. The van der Waals surface area contributed by atoms with Crippen LogP contribution in [-0.2, 0) is 20.1 Å². The van der Waals surface area contributed by atoms with Crippen molar-refractivity contribution in [1.82, 2.24) is 14.5 Å². The summed E-state index contributed by atoms with van der Waals surface area (Å²) in [6.45, 7) is 11.6. The van der Waals surface area contributed by atoms with Crippen molar-refractivity contribution in [3.8, 4) is 11.5 Å². The zero-order valence-corrected chi connectivity index (χ0v) is 17.4. The smallest absolute Gasteiger partial charge is 0.127 e. The second-order valence-electron chi connectivity index (χ2n) is 5.26. The number of ether oxygens (including phenoxy) is 2. The van der Waals surface area contributed by atoms with Gasteiger partial charge in [0.25, 0.3) is 0 Å². The maximum Gasteiger partial charge on any atom is 0.127 e. The van der Waals surface area contributed by atoms with Gasteiger partial charge in [0.15, 0.2) is 0 Å². The van der Waals surface area contributed by atoms with Crippen LogP contribution in [-0.4, -0.2) is 35.7 Å². The highest BCUT2D eigenvalue weighted by atomic mass is 16.5. The van der Waals surface area contributed by atoms with Crippen LogP contribution < -0.4 is 9.47 Å². The highest BCUT2D eigenvalue weighted by molar-refractivity contribution is 5.40. The summed E-state index contributed by atoms with van der Waals surface area (Å²) >= 11 is 0. The molecule has 0 fully saturated rings. The molecule has 1 heterocycles. The fourth-order valence-electron chi connectivity index (χ4n) is 2.38. The molecule has 0 aliphatic rings. The van der Waals surface area contributed by atoms with Crippen LogP contribution in [0, 0.1) is 6.92 Å². The number of imidazole rings is 1. The molecule has 2 aromatic rings. The first kappa shape index (κ1) is 23.0. The Labute approximate surface area is 153 Å². The van der Waals surface area contributed by atoms with Crippen LogP contribution in [0.25, 0.3) is 0 Å². The van der Waals surface area contributed by atoms with Crippen LogP contribution in [0.1, 0.15) is 44.8 Å². The van der Waals surface area contributed by atoms with Gasteiger partial charge in [0.05, 0.1) is 26.5 Å². The zero-order chi connectivity index (χ0) is 19.4. The minimum atomic E-state index is 0.791. The summed E-state index contributed by atoms with van der Waals surface area (Å²) in [6.07, 6.45) is 2.04. The van der Waals surface area contributed by atoms with E-state index in [-0.39, 0.29) is 0 Å². The van der Waals surface area contributed by atoms with E-state index >= 15 is 0 Å². The first-order valence-corrected chi connectivity index (χ1v) is 8.91. The third kappa shape index (κ3) is 7.18. The summed E-state index contributed by atoms with van der Waals surface area (Å²) in [6, 6.07) is 5.91. The van der Waals surface area contributed by atoms with E-state index < -0.39 is 0 Å². The van der Waals surface area contributed by atoms with Crippen molar-refractivity contribution >= 4 is 0 Å². The second kappa shape index (κ2) is 12.4. The highest BCUT2D eigenvalue weighted by Crippen LogP contribution is 2.25. The van der Waals surface area contributed by atoms with E-state index in [2.05, 4.69) is 21.5 Å². The van der Waals surface area contributed by atoms with E-state index in [0.717, 1.165) is 41.7 Å². The lowest BCUT2D eigenvalue weighted by molar-refractivity contribution is 0.299.